The van der Waals surface area contributed by atoms with Gasteiger partial charge in [0.05, 0.1) is 18.1 Å². The predicted octanol–water partition coefficient (Wildman–Crippen LogP) is 1.16. The summed E-state index contributed by atoms with van der Waals surface area (Å²) >= 11 is 0. The lowest BCUT2D eigenvalue weighted by molar-refractivity contribution is -0.145. The molecule has 0 radical (unpaired) electrons. The third-order valence-corrected chi connectivity index (χ3v) is 4.53. The van der Waals surface area contributed by atoms with Crippen LogP contribution in [-0.4, -0.2) is 43.4 Å². The van der Waals surface area contributed by atoms with Gasteiger partial charge in [0.2, 0.25) is 5.91 Å². The quantitative estimate of drug-likeness (QED) is 0.775. The molecule has 2 aliphatic rings. The van der Waals surface area contributed by atoms with E-state index in [0.717, 1.165) is 6.42 Å². The summed E-state index contributed by atoms with van der Waals surface area (Å²) in [5.41, 5.74) is -0.522. The minimum atomic E-state index is -0.645. The molecule has 0 spiro atoms. The van der Waals surface area contributed by atoms with E-state index in [1.54, 1.807) is 18.1 Å². The number of allylic oxidation sites excluding steroid dienone is 1. The summed E-state index contributed by atoms with van der Waals surface area (Å²) in [7, 11) is 1.60. The molecular weight excluding hydrogens is 256 g/mol. The lowest BCUT2D eigenvalue weighted by Gasteiger charge is -2.45. The number of hydrogen-bond acceptors (Lipinski definition) is 4. The molecule has 0 aromatic rings. The van der Waals surface area contributed by atoms with Gasteiger partial charge >= 0.3 is 0 Å². The number of likely N-dealkylation sites (tertiary alicyclic amines) is 1. The molecule has 5 nitrogen and oxygen atoms in total. The molecule has 1 aliphatic heterocycles. The van der Waals surface area contributed by atoms with Gasteiger partial charge in [-0.15, -0.1) is 0 Å². The topological polar surface area (TPSA) is 70.4 Å². The number of hydrogen-bond donors (Lipinski definition) is 0. The molecule has 1 fully saturated rings. The van der Waals surface area contributed by atoms with Gasteiger partial charge in [-0.2, -0.15) is 5.26 Å². The van der Waals surface area contributed by atoms with Gasteiger partial charge in [-0.1, -0.05) is 19.9 Å². The summed E-state index contributed by atoms with van der Waals surface area (Å²) in [4.78, 5) is 26.6. The fourth-order valence-corrected chi connectivity index (χ4v) is 3.25. The highest BCUT2D eigenvalue weighted by molar-refractivity contribution is 6.05. The summed E-state index contributed by atoms with van der Waals surface area (Å²) < 4.78 is 5.01. The van der Waals surface area contributed by atoms with Crippen molar-refractivity contribution in [1.29, 1.82) is 5.26 Å². The van der Waals surface area contributed by atoms with E-state index < -0.39 is 5.41 Å². The second-order valence-electron chi connectivity index (χ2n) is 5.98. The predicted molar refractivity (Wildman–Crippen MR) is 72.5 cm³/mol. The second kappa shape index (κ2) is 5.37. The van der Waals surface area contributed by atoms with Crippen LogP contribution in [0.2, 0.25) is 0 Å². The number of rotatable bonds is 3. The van der Waals surface area contributed by atoms with Gasteiger partial charge in [0, 0.05) is 25.6 Å². The molecule has 2 rings (SSSR count). The number of amides is 1. The summed E-state index contributed by atoms with van der Waals surface area (Å²) in [6, 6.07) is 1.94. The van der Waals surface area contributed by atoms with E-state index in [9.17, 15) is 9.59 Å². The number of piperidine rings is 1. The van der Waals surface area contributed by atoms with Crippen LogP contribution in [-0.2, 0) is 14.3 Å². The van der Waals surface area contributed by atoms with E-state index in [-0.39, 0.29) is 29.1 Å². The Kier molecular flexibility index (Phi) is 3.96. The van der Waals surface area contributed by atoms with Crippen LogP contribution < -0.4 is 0 Å². The van der Waals surface area contributed by atoms with E-state index in [1.807, 2.05) is 19.9 Å². The first-order valence-electron chi connectivity index (χ1n) is 6.88. The minimum Gasteiger partial charge on any atom is -0.383 e. The van der Waals surface area contributed by atoms with E-state index in [4.69, 9.17) is 10.00 Å². The number of Topliss-reactive ketones (excluding diaryl/α,β-unsaturated/α-hetero) is 1. The van der Waals surface area contributed by atoms with Crippen LogP contribution in [0.3, 0.4) is 0 Å². The van der Waals surface area contributed by atoms with Gasteiger partial charge in [-0.05, 0) is 12.3 Å². The number of fused-ring (bicyclic) bond motifs is 1. The van der Waals surface area contributed by atoms with Crippen molar-refractivity contribution in [3.63, 3.8) is 0 Å². The SMILES string of the molecule is COCCN1CCC2C(C=C(C#N)C(=O)C2(C)C)C1=O. The summed E-state index contributed by atoms with van der Waals surface area (Å²) in [5.74, 6) is -0.507. The minimum absolute atomic E-state index is 0.00613. The molecular formula is C15H20N2O3. The lowest BCUT2D eigenvalue weighted by atomic mass is 9.61. The number of methoxy groups -OCH3 is 1. The third-order valence-electron chi connectivity index (χ3n) is 4.53. The van der Waals surface area contributed by atoms with Crippen LogP contribution in [0.15, 0.2) is 11.6 Å². The molecule has 0 aromatic carbocycles. The molecule has 0 aromatic heterocycles. The molecule has 1 amide bonds. The van der Waals surface area contributed by atoms with Gasteiger partial charge < -0.3 is 9.64 Å². The van der Waals surface area contributed by atoms with Crippen LogP contribution in [0.4, 0.5) is 0 Å². The molecule has 0 bridgehead atoms. The van der Waals surface area contributed by atoms with E-state index in [2.05, 4.69) is 0 Å². The molecule has 0 N–H and O–H groups in total. The highest BCUT2D eigenvalue weighted by Crippen LogP contribution is 2.45. The fourth-order valence-electron chi connectivity index (χ4n) is 3.25. The average Bonchev–Trinajstić information content (AvgIpc) is 2.42. The first kappa shape index (κ1) is 14.7. The Bertz CT molecular complexity index is 502. The Morgan fingerprint density at radius 1 is 1.50 bits per heavy atom. The van der Waals surface area contributed by atoms with Gasteiger partial charge in [-0.3, -0.25) is 9.59 Å². The van der Waals surface area contributed by atoms with Gasteiger partial charge in [0.15, 0.2) is 5.78 Å². The first-order chi connectivity index (χ1) is 9.43. The molecule has 2 unspecified atom stereocenters. The zero-order valence-electron chi connectivity index (χ0n) is 12.2. The van der Waals surface area contributed by atoms with Crippen molar-refractivity contribution in [3.8, 4) is 6.07 Å². The van der Waals surface area contributed by atoms with Gasteiger partial charge in [0.25, 0.3) is 0 Å². The van der Waals surface area contributed by atoms with Crippen LogP contribution in [0.25, 0.3) is 0 Å². The summed E-state index contributed by atoms with van der Waals surface area (Å²) in [6.07, 6.45) is 2.35. The third kappa shape index (κ3) is 2.25. The second-order valence-corrected chi connectivity index (χ2v) is 5.98. The maximum absolute atomic E-state index is 12.5. The highest BCUT2D eigenvalue weighted by atomic mass is 16.5. The molecule has 5 heteroatoms. The normalized spacial score (nSPS) is 28.7. The standard InChI is InChI=1S/C15H20N2O3/c1-15(2)12-4-5-17(6-7-20-3)14(19)11(12)8-10(9-16)13(15)18/h8,11-12H,4-7H2,1-3H3. The van der Waals surface area contributed by atoms with Gasteiger partial charge in [0.1, 0.15) is 6.07 Å². The summed E-state index contributed by atoms with van der Waals surface area (Å²) in [5, 5.41) is 9.09. The smallest absolute Gasteiger partial charge is 0.229 e. The average molecular weight is 276 g/mol. The molecule has 1 heterocycles. The van der Waals surface area contributed by atoms with Crippen LogP contribution in [0.1, 0.15) is 20.3 Å². The number of nitrogens with zero attached hydrogens (tertiary/aromatic N) is 2. The fraction of sp³-hybridized carbons (Fsp3) is 0.667. The first-order valence-corrected chi connectivity index (χ1v) is 6.88. The molecule has 1 saturated heterocycles. The van der Waals surface area contributed by atoms with Crippen molar-refractivity contribution >= 4 is 11.7 Å². The lowest BCUT2D eigenvalue weighted by Crippen LogP contribution is -2.53. The van der Waals surface area contributed by atoms with Gasteiger partial charge in [-0.25, -0.2) is 0 Å². The number of carbonyl (C=O) groups excluding carboxylic acids is 2. The maximum Gasteiger partial charge on any atom is 0.229 e. The van der Waals surface area contributed by atoms with Crippen LogP contribution in [0.5, 0.6) is 0 Å². The Morgan fingerprint density at radius 2 is 2.20 bits per heavy atom. The Balaban J connectivity index is 2.30. The van der Waals surface area contributed by atoms with Crippen LogP contribution in [0, 0.1) is 28.6 Å². The zero-order chi connectivity index (χ0) is 14.9. The maximum atomic E-state index is 12.5. The monoisotopic (exact) mass is 276 g/mol. The van der Waals surface area contributed by atoms with Crippen molar-refractivity contribution in [1.82, 2.24) is 4.90 Å². The van der Waals surface area contributed by atoms with Crippen molar-refractivity contribution < 1.29 is 14.3 Å². The van der Waals surface area contributed by atoms with Crippen molar-refractivity contribution in [2.24, 2.45) is 17.3 Å². The number of carbonyl (C=O) groups is 2. The highest BCUT2D eigenvalue weighted by Gasteiger charge is 2.50. The van der Waals surface area contributed by atoms with Crippen LogP contribution >= 0.6 is 0 Å². The molecule has 108 valence electrons. The zero-order valence-corrected chi connectivity index (χ0v) is 12.2. The Morgan fingerprint density at radius 3 is 2.80 bits per heavy atom. The Labute approximate surface area is 119 Å². The molecule has 2 atom stereocenters. The van der Waals surface area contributed by atoms with Crippen molar-refractivity contribution in [2.75, 3.05) is 26.8 Å². The van der Waals surface area contributed by atoms with E-state index in [0.29, 0.717) is 19.7 Å². The molecule has 0 saturated carbocycles. The number of ketones is 1. The Hall–Kier alpha value is -1.67. The van der Waals surface area contributed by atoms with Crippen molar-refractivity contribution in [2.45, 2.75) is 20.3 Å². The van der Waals surface area contributed by atoms with Crippen molar-refractivity contribution in [3.05, 3.63) is 11.6 Å². The largest absolute Gasteiger partial charge is 0.383 e. The number of ether oxygens (including phenoxy) is 1. The summed E-state index contributed by atoms with van der Waals surface area (Å²) in [6.45, 7) is 5.39. The molecule has 1 aliphatic carbocycles. The van der Waals surface area contributed by atoms with E-state index >= 15 is 0 Å². The van der Waals surface area contributed by atoms with E-state index in [1.165, 1.54) is 0 Å². The number of nitriles is 1. The molecule has 20 heavy (non-hydrogen) atoms.